The zero-order valence-electron chi connectivity index (χ0n) is 14.4. The van der Waals surface area contributed by atoms with E-state index in [9.17, 15) is 18.4 Å². The number of hydrogen-bond acceptors (Lipinski definition) is 5. The van der Waals surface area contributed by atoms with Gasteiger partial charge in [0, 0.05) is 49.8 Å². The Kier molecular flexibility index (Phi) is 5.36. The normalized spacial score (nSPS) is 25.7. The highest BCUT2D eigenvalue weighted by molar-refractivity contribution is 6.12. The Hall–Kier alpha value is -2.29. The maximum absolute atomic E-state index is 13.3. The first-order chi connectivity index (χ1) is 12.4. The van der Waals surface area contributed by atoms with E-state index in [0.717, 1.165) is 37.8 Å². The van der Waals surface area contributed by atoms with Gasteiger partial charge in [-0.15, -0.1) is 0 Å². The molecule has 9 heteroatoms. The van der Waals surface area contributed by atoms with Crippen molar-refractivity contribution in [3.8, 4) is 0 Å². The Morgan fingerprint density at radius 3 is 2.50 bits per heavy atom. The van der Waals surface area contributed by atoms with Crippen LogP contribution in [0.25, 0.3) is 0 Å². The Bertz CT molecular complexity index is 658. The molecule has 4 N–H and O–H groups in total. The van der Waals surface area contributed by atoms with Gasteiger partial charge in [-0.3, -0.25) is 9.59 Å². The van der Waals surface area contributed by atoms with E-state index in [2.05, 4.69) is 16.0 Å². The third kappa shape index (κ3) is 4.09. The minimum Gasteiger partial charge on any atom is -0.344 e. The molecular formula is C17H23F2N5O2. The summed E-state index contributed by atoms with van der Waals surface area (Å²) < 4.78 is 26.6. The molecule has 3 aliphatic rings. The molecule has 0 atom stereocenters. The first kappa shape index (κ1) is 18.5. The molecule has 142 valence electrons. The van der Waals surface area contributed by atoms with Gasteiger partial charge in [-0.25, -0.2) is 8.78 Å². The second-order valence-corrected chi connectivity index (χ2v) is 6.82. The Labute approximate surface area is 150 Å². The zero-order valence-corrected chi connectivity index (χ0v) is 14.4. The first-order valence-corrected chi connectivity index (χ1v) is 8.82. The molecule has 0 radical (unpaired) electrons. The molecule has 26 heavy (non-hydrogen) atoms. The Morgan fingerprint density at radius 2 is 1.88 bits per heavy atom. The van der Waals surface area contributed by atoms with Crippen LogP contribution in [0.5, 0.6) is 0 Å². The largest absolute Gasteiger partial charge is 0.344 e. The number of halogens is 2. The summed E-state index contributed by atoms with van der Waals surface area (Å²) in [5.41, 5.74) is 0.700. The van der Waals surface area contributed by atoms with Crippen LogP contribution >= 0.6 is 0 Å². The molecule has 0 aliphatic carbocycles. The lowest BCUT2D eigenvalue weighted by Gasteiger charge is -2.33. The molecular weight excluding hydrogens is 344 g/mol. The fraction of sp³-hybridized carbons (Fsp3) is 0.588. The van der Waals surface area contributed by atoms with Crippen LogP contribution < -0.4 is 16.0 Å². The van der Waals surface area contributed by atoms with E-state index in [1.165, 1.54) is 11.0 Å². The molecule has 0 aromatic rings. The van der Waals surface area contributed by atoms with Crippen molar-refractivity contribution in [3.63, 3.8) is 0 Å². The molecule has 0 aromatic heterocycles. The number of likely N-dealkylation sites (tertiary alicyclic amines) is 1. The molecule has 2 fully saturated rings. The number of rotatable bonds is 3. The van der Waals surface area contributed by atoms with Crippen LogP contribution in [0.3, 0.4) is 0 Å². The molecule has 0 unspecified atom stereocenters. The Balaban J connectivity index is 1.77. The second kappa shape index (κ2) is 7.53. The molecule has 0 spiro atoms. The number of nitrogens with one attached hydrogen (secondary N) is 4. The number of alkyl halides is 2. The maximum Gasteiger partial charge on any atom is 0.259 e. The van der Waals surface area contributed by atoms with Gasteiger partial charge in [-0.2, -0.15) is 0 Å². The van der Waals surface area contributed by atoms with Gasteiger partial charge in [0.1, 0.15) is 5.82 Å². The SMILES string of the molecule is N=C/C(C(=O)N1CCC(F)(F)CC1)=C1/NC(=O)C=C(C2CCNCC2)N1. The van der Waals surface area contributed by atoms with Crippen LogP contribution in [0.4, 0.5) is 8.78 Å². The number of nitrogens with zero attached hydrogens (tertiary/aromatic N) is 1. The minimum absolute atomic E-state index is 0.0249. The third-order valence-corrected chi connectivity index (χ3v) is 5.01. The van der Waals surface area contributed by atoms with E-state index < -0.39 is 11.8 Å². The summed E-state index contributed by atoms with van der Waals surface area (Å²) in [6.45, 7) is 1.56. The molecule has 0 aromatic carbocycles. The van der Waals surface area contributed by atoms with Gasteiger partial charge in [-0.05, 0) is 25.9 Å². The molecule has 7 nitrogen and oxygen atoms in total. The predicted molar refractivity (Wildman–Crippen MR) is 91.5 cm³/mol. The van der Waals surface area contributed by atoms with Gasteiger partial charge in [-0.1, -0.05) is 0 Å². The fourth-order valence-corrected chi connectivity index (χ4v) is 3.45. The average molecular weight is 367 g/mol. The lowest BCUT2D eigenvalue weighted by Crippen LogP contribution is -2.46. The maximum atomic E-state index is 13.3. The van der Waals surface area contributed by atoms with E-state index in [0.29, 0.717) is 0 Å². The number of hydrogen-bond donors (Lipinski definition) is 4. The van der Waals surface area contributed by atoms with Crippen LogP contribution in [0.15, 0.2) is 23.2 Å². The van der Waals surface area contributed by atoms with Crippen molar-refractivity contribution in [3.05, 3.63) is 23.2 Å². The zero-order chi connectivity index (χ0) is 18.7. The number of allylic oxidation sites excluding steroid dienone is 1. The van der Waals surface area contributed by atoms with Crippen LogP contribution in [0.2, 0.25) is 0 Å². The molecule has 3 heterocycles. The van der Waals surface area contributed by atoms with E-state index in [4.69, 9.17) is 5.41 Å². The summed E-state index contributed by atoms with van der Waals surface area (Å²) in [7, 11) is 0. The third-order valence-electron chi connectivity index (χ3n) is 5.01. The van der Waals surface area contributed by atoms with Crippen molar-refractivity contribution >= 4 is 18.0 Å². The van der Waals surface area contributed by atoms with Gasteiger partial charge in [0.05, 0.1) is 5.57 Å². The lowest BCUT2D eigenvalue weighted by atomic mass is 9.93. The lowest BCUT2D eigenvalue weighted by molar-refractivity contribution is -0.132. The Morgan fingerprint density at radius 1 is 1.23 bits per heavy atom. The summed E-state index contributed by atoms with van der Waals surface area (Å²) in [4.78, 5) is 26.0. The predicted octanol–water partition coefficient (Wildman–Crippen LogP) is 0.708. The van der Waals surface area contributed by atoms with Crippen molar-refractivity contribution < 1.29 is 18.4 Å². The van der Waals surface area contributed by atoms with Gasteiger partial charge < -0.3 is 26.3 Å². The molecule has 2 amide bonds. The summed E-state index contributed by atoms with van der Waals surface area (Å²) in [6.07, 6.45) is 3.30. The van der Waals surface area contributed by atoms with Crippen LogP contribution in [-0.2, 0) is 9.59 Å². The van der Waals surface area contributed by atoms with Gasteiger partial charge in [0.25, 0.3) is 17.7 Å². The smallest absolute Gasteiger partial charge is 0.259 e. The highest BCUT2D eigenvalue weighted by atomic mass is 19.3. The van der Waals surface area contributed by atoms with Crippen molar-refractivity contribution in [2.45, 2.75) is 31.6 Å². The molecule has 2 saturated heterocycles. The molecule has 3 rings (SSSR count). The minimum atomic E-state index is -2.75. The summed E-state index contributed by atoms with van der Waals surface area (Å²) >= 11 is 0. The number of piperidine rings is 2. The quantitative estimate of drug-likeness (QED) is 0.436. The van der Waals surface area contributed by atoms with E-state index >= 15 is 0 Å². The van der Waals surface area contributed by atoms with Crippen LogP contribution in [0, 0.1) is 11.3 Å². The standard InChI is InChI=1S/C17H23F2N5O2/c18-17(19)3-7-24(8-4-17)16(26)12(10-20)15-22-13(9-14(25)23-15)11-1-5-21-6-2-11/h9-11,20-22H,1-8H2,(H,23,25)/b15-12-,20-10?. The number of carbonyl (C=O) groups is 2. The fourth-order valence-electron chi connectivity index (χ4n) is 3.45. The van der Waals surface area contributed by atoms with E-state index in [1.54, 1.807) is 0 Å². The van der Waals surface area contributed by atoms with Crippen LogP contribution in [-0.4, -0.2) is 55.0 Å². The highest BCUT2D eigenvalue weighted by Gasteiger charge is 2.37. The number of carbonyl (C=O) groups excluding carboxylic acids is 2. The van der Waals surface area contributed by atoms with Crippen molar-refractivity contribution in [1.82, 2.24) is 20.9 Å². The molecule has 3 aliphatic heterocycles. The van der Waals surface area contributed by atoms with E-state index in [-0.39, 0.29) is 49.2 Å². The van der Waals surface area contributed by atoms with Gasteiger partial charge in [0.15, 0.2) is 0 Å². The summed E-state index contributed by atoms with van der Waals surface area (Å²) in [5, 5.41) is 16.5. The topological polar surface area (TPSA) is 97.3 Å². The summed E-state index contributed by atoms with van der Waals surface area (Å²) in [5.74, 6) is -3.30. The van der Waals surface area contributed by atoms with Crippen molar-refractivity contribution in [2.75, 3.05) is 26.2 Å². The second-order valence-electron chi connectivity index (χ2n) is 6.82. The first-order valence-electron chi connectivity index (χ1n) is 8.82. The number of amides is 2. The monoisotopic (exact) mass is 367 g/mol. The molecule has 0 bridgehead atoms. The summed E-state index contributed by atoms with van der Waals surface area (Å²) in [6, 6.07) is 0. The van der Waals surface area contributed by atoms with E-state index in [1.807, 2.05) is 0 Å². The van der Waals surface area contributed by atoms with Gasteiger partial charge >= 0.3 is 0 Å². The van der Waals surface area contributed by atoms with Gasteiger partial charge in [0.2, 0.25) is 0 Å². The molecule has 0 saturated carbocycles. The van der Waals surface area contributed by atoms with Crippen LogP contribution in [0.1, 0.15) is 25.7 Å². The average Bonchev–Trinajstić information content (AvgIpc) is 2.62. The van der Waals surface area contributed by atoms with Crippen molar-refractivity contribution in [1.29, 1.82) is 5.41 Å². The van der Waals surface area contributed by atoms with Crippen molar-refractivity contribution in [2.24, 2.45) is 5.92 Å². The highest BCUT2D eigenvalue weighted by Crippen LogP contribution is 2.28.